The van der Waals surface area contributed by atoms with Gasteiger partial charge in [0.1, 0.15) is 5.75 Å². The Hall–Kier alpha value is -2.57. The van der Waals surface area contributed by atoms with Crippen LogP contribution in [-0.4, -0.2) is 28.4 Å². The summed E-state index contributed by atoms with van der Waals surface area (Å²) in [5.41, 5.74) is 6.87. The first-order chi connectivity index (χ1) is 8.20. The highest BCUT2D eigenvalue weighted by atomic mass is 16.5. The second-order valence-corrected chi connectivity index (χ2v) is 3.26. The number of carbonyl (C=O) groups excluding carboxylic acids is 1. The van der Waals surface area contributed by atoms with Gasteiger partial charge in [0.05, 0.1) is 24.7 Å². The van der Waals surface area contributed by atoms with E-state index in [2.05, 4.69) is 20.7 Å². The molecule has 0 atom stereocenters. The van der Waals surface area contributed by atoms with Gasteiger partial charge >= 0.3 is 0 Å². The maximum atomic E-state index is 11.7. The quantitative estimate of drug-likeness (QED) is 0.675. The summed E-state index contributed by atoms with van der Waals surface area (Å²) in [5.74, 6) is 0.248. The van der Waals surface area contributed by atoms with Crippen LogP contribution in [0.25, 0.3) is 0 Å². The lowest BCUT2D eigenvalue weighted by Crippen LogP contribution is -2.13. The molecule has 2 rings (SSSR count). The number of methoxy groups -OCH3 is 1. The van der Waals surface area contributed by atoms with Crippen molar-refractivity contribution in [1.82, 2.24) is 15.4 Å². The van der Waals surface area contributed by atoms with Crippen LogP contribution in [0.1, 0.15) is 10.5 Å². The van der Waals surface area contributed by atoms with Crippen LogP contribution in [0, 0.1) is 0 Å². The number of benzene rings is 1. The maximum Gasteiger partial charge on any atom is 0.277 e. The molecular weight excluding hydrogens is 222 g/mol. The van der Waals surface area contributed by atoms with E-state index in [4.69, 9.17) is 10.5 Å². The van der Waals surface area contributed by atoms with E-state index in [1.807, 2.05) is 0 Å². The molecule has 7 nitrogen and oxygen atoms in total. The van der Waals surface area contributed by atoms with Gasteiger partial charge in [-0.1, -0.05) is 0 Å². The summed E-state index contributed by atoms with van der Waals surface area (Å²) >= 11 is 0. The molecule has 0 spiro atoms. The number of hydrogen-bond acceptors (Lipinski definition) is 5. The van der Waals surface area contributed by atoms with Crippen molar-refractivity contribution in [2.45, 2.75) is 0 Å². The van der Waals surface area contributed by atoms with Gasteiger partial charge in [0.2, 0.25) is 0 Å². The van der Waals surface area contributed by atoms with E-state index < -0.39 is 0 Å². The van der Waals surface area contributed by atoms with Crippen molar-refractivity contribution < 1.29 is 9.53 Å². The Morgan fingerprint density at radius 3 is 2.94 bits per heavy atom. The number of amides is 1. The normalized spacial score (nSPS) is 9.94. The van der Waals surface area contributed by atoms with Gasteiger partial charge in [-0.15, -0.1) is 0 Å². The zero-order valence-electron chi connectivity index (χ0n) is 9.10. The van der Waals surface area contributed by atoms with Gasteiger partial charge in [-0.25, -0.2) is 0 Å². The number of hydrogen-bond donors (Lipinski definition) is 3. The largest absolute Gasteiger partial charge is 0.497 e. The number of aromatic amines is 1. The van der Waals surface area contributed by atoms with Crippen molar-refractivity contribution >= 4 is 17.3 Å². The van der Waals surface area contributed by atoms with Crippen LogP contribution in [0.2, 0.25) is 0 Å². The van der Waals surface area contributed by atoms with Crippen LogP contribution in [-0.2, 0) is 0 Å². The third kappa shape index (κ3) is 2.33. The van der Waals surface area contributed by atoms with Crippen molar-refractivity contribution in [3.05, 3.63) is 30.1 Å². The van der Waals surface area contributed by atoms with E-state index >= 15 is 0 Å². The van der Waals surface area contributed by atoms with Gasteiger partial charge in [0.15, 0.2) is 5.69 Å². The minimum absolute atomic E-state index is 0.195. The van der Waals surface area contributed by atoms with Crippen LogP contribution >= 0.6 is 0 Å². The molecule has 0 saturated heterocycles. The third-order valence-electron chi connectivity index (χ3n) is 2.15. The van der Waals surface area contributed by atoms with Crippen LogP contribution in [0.15, 0.2) is 24.4 Å². The summed E-state index contributed by atoms with van der Waals surface area (Å²) in [6.45, 7) is 0. The number of nitrogens with one attached hydrogen (secondary N) is 2. The van der Waals surface area contributed by atoms with E-state index in [1.54, 1.807) is 25.3 Å². The molecule has 17 heavy (non-hydrogen) atoms. The highest BCUT2D eigenvalue weighted by molar-refractivity contribution is 6.04. The molecule has 0 aliphatic carbocycles. The highest BCUT2D eigenvalue weighted by Gasteiger charge is 2.10. The molecule has 0 aliphatic rings. The standard InChI is InChI=1S/C10H11N5O2/c1-17-6-2-3-8(7(11)4-6)13-10(16)9-5-12-15-14-9/h2-5H,11H2,1H3,(H,13,16)(H,12,14,15). The summed E-state index contributed by atoms with van der Waals surface area (Å²) in [5, 5.41) is 12.2. The lowest BCUT2D eigenvalue weighted by molar-refractivity contribution is 0.102. The third-order valence-corrected chi connectivity index (χ3v) is 2.15. The fourth-order valence-electron chi connectivity index (χ4n) is 1.28. The Labute approximate surface area is 97.0 Å². The predicted octanol–water partition coefficient (Wildman–Crippen LogP) is 0.648. The van der Waals surface area contributed by atoms with Crippen LogP contribution in [0.4, 0.5) is 11.4 Å². The average molecular weight is 233 g/mol. The van der Waals surface area contributed by atoms with Gasteiger partial charge in [-0.05, 0) is 12.1 Å². The molecule has 7 heteroatoms. The molecule has 1 aromatic carbocycles. The average Bonchev–Trinajstić information content (AvgIpc) is 2.85. The zero-order chi connectivity index (χ0) is 12.3. The number of anilines is 2. The topological polar surface area (TPSA) is 106 Å². The number of nitrogen functional groups attached to an aromatic ring is 1. The van der Waals surface area contributed by atoms with E-state index in [9.17, 15) is 4.79 Å². The number of nitrogens with zero attached hydrogens (tertiary/aromatic N) is 2. The summed E-state index contributed by atoms with van der Waals surface area (Å²) < 4.78 is 5.01. The fraction of sp³-hybridized carbons (Fsp3) is 0.100. The molecule has 1 amide bonds. The molecule has 0 radical (unpaired) electrons. The van der Waals surface area contributed by atoms with Gasteiger partial charge in [-0.2, -0.15) is 15.4 Å². The highest BCUT2D eigenvalue weighted by Crippen LogP contribution is 2.24. The smallest absolute Gasteiger partial charge is 0.277 e. The van der Waals surface area contributed by atoms with Crippen LogP contribution in [0.5, 0.6) is 5.75 Å². The summed E-state index contributed by atoms with van der Waals surface area (Å²) in [4.78, 5) is 11.7. The summed E-state index contributed by atoms with van der Waals surface area (Å²) in [7, 11) is 1.54. The predicted molar refractivity (Wildman–Crippen MR) is 61.7 cm³/mol. The molecule has 1 heterocycles. The van der Waals surface area contributed by atoms with E-state index in [0.29, 0.717) is 17.1 Å². The van der Waals surface area contributed by atoms with Gasteiger partial charge in [-0.3, -0.25) is 4.79 Å². The van der Waals surface area contributed by atoms with Crippen molar-refractivity contribution in [3.8, 4) is 5.75 Å². The molecule has 4 N–H and O–H groups in total. The van der Waals surface area contributed by atoms with E-state index in [0.717, 1.165) is 0 Å². The van der Waals surface area contributed by atoms with E-state index in [1.165, 1.54) is 6.20 Å². The Bertz CT molecular complexity index is 523. The van der Waals surface area contributed by atoms with Crippen molar-refractivity contribution in [2.75, 3.05) is 18.2 Å². The number of carbonyl (C=O) groups is 1. The second kappa shape index (κ2) is 4.52. The molecular formula is C10H11N5O2. The molecule has 0 bridgehead atoms. The van der Waals surface area contributed by atoms with Crippen LogP contribution in [0.3, 0.4) is 0 Å². The lowest BCUT2D eigenvalue weighted by atomic mass is 10.2. The molecule has 1 aromatic heterocycles. The van der Waals surface area contributed by atoms with E-state index in [-0.39, 0.29) is 11.6 Å². The summed E-state index contributed by atoms with van der Waals surface area (Å²) in [6, 6.07) is 4.99. The zero-order valence-corrected chi connectivity index (χ0v) is 9.10. The van der Waals surface area contributed by atoms with Gasteiger partial charge in [0, 0.05) is 6.07 Å². The monoisotopic (exact) mass is 233 g/mol. The Kier molecular flexibility index (Phi) is 2.91. The minimum atomic E-state index is -0.379. The minimum Gasteiger partial charge on any atom is -0.497 e. The number of rotatable bonds is 3. The first kappa shape index (κ1) is 10.9. The van der Waals surface area contributed by atoms with Crippen LogP contribution < -0.4 is 15.8 Å². The molecule has 0 unspecified atom stereocenters. The van der Waals surface area contributed by atoms with Gasteiger partial charge in [0.25, 0.3) is 5.91 Å². The Morgan fingerprint density at radius 2 is 2.35 bits per heavy atom. The first-order valence-corrected chi connectivity index (χ1v) is 4.81. The van der Waals surface area contributed by atoms with Crippen molar-refractivity contribution in [3.63, 3.8) is 0 Å². The molecule has 0 aliphatic heterocycles. The maximum absolute atomic E-state index is 11.7. The Balaban J connectivity index is 2.16. The lowest BCUT2D eigenvalue weighted by Gasteiger charge is -2.08. The molecule has 88 valence electrons. The number of aromatic nitrogens is 3. The number of H-pyrrole nitrogens is 1. The summed E-state index contributed by atoms with van der Waals surface area (Å²) in [6.07, 6.45) is 1.33. The van der Waals surface area contributed by atoms with Crippen molar-refractivity contribution in [1.29, 1.82) is 0 Å². The van der Waals surface area contributed by atoms with Crippen molar-refractivity contribution in [2.24, 2.45) is 0 Å². The molecule has 2 aromatic rings. The molecule has 0 saturated carbocycles. The SMILES string of the molecule is COc1ccc(NC(=O)c2cn[nH]n2)c(N)c1. The fourth-order valence-corrected chi connectivity index (χ4v) is 1.28. The Morgan fingerprint density at radius 1 is 1.53 bits per heavy atom. The number of ether oxygens (including phenoxy) is 1. The number of nitrogens with two attached hydrogens (primary N) is 1. The second-order valence-electron chi connectivity index (χ2n) is 3.26. The van der Waals surface area contributed by atoms with Gasteiger partial charge < -0.3 is 15.8 Å². The molecule has 0 fully saturated rings. The first-order valence-electron chi connectivity index (χ1n) is 4.81.